The second-order valence-corrected chi connectivity index (χ2v) is 0. The third-order valence-corrected chi connectivity index (χ3v) is 0. The van der Waals surface area contributed by atoms with Crippen LogP contribution in [0.2, 0.25) is 1.41 Å². The zero-order chi connectivity index (χ0) is 2.71. The predicted octanol–water partition coefficient (Wildman–Crippen LogP) is 1.83. The Morgan fingerprint density at radius 1 is 1.40 bits per heavy atom. The van der Waals surface area contributed by atoms with Gasteiger partial charge in [0.2, 0.25) is 0 Å². The van der Waals surface area contributed by atoms with Crippen LogP contribution in [0.15, 0.2) is 0 Å². The average Bonchev–Trinajstić information content (AvgIpc) is 0.918. The third-order valence-electron chi connectivity index (χ3n) is 0. The van der Waals surface area contributed by atoms with Crippen molar-refractivity contribution in [1.29, 1.82) is 5.31 Å². The van der Waals surface area contributed by atoms with Crippen LogP contribution in [0.25, 0.3) is 0 Å². The van der Waals surface area contributed by atoms with Crippen molar-refractivity contribution >= 4 is 7.64 Å². The van der Waals surface area contributed by atoms with E-state index < -0.39 is 0 Å². The van der Waals surface area contributed by atoms with Crippen LogP contribution in [0.1, 0.15) is 22.3 Å². The van der Waals surface area contributed by atoms with Gasteiger partial charge in [-0.15, -0.1) is 0 Å². The van der Waals surface area contributed by atoms with Crippen molar-refractivity contribution in [1.82, 2.24) is 0 Å². The molecule has 0 aromatic heterocycles. The molecule has 0 saturated heterocycles. The molecule has 1 nitrogen and oxygen atoms in total. The van der Waals surface area contributed by atoms with Crippen LogP contribution in [0.5, 0.6) is 0 Å². The first-order chi connectivity index (χ1) is 1.41. The third kappa shape index (κ3) is 737. The molecule has 0 aliphatic heterocycles. The monoisotopic (exact) mass is 76.1 g/mol. The van der Waals surface area contributed by atoms with Crippen LogP contribution < -0.4 is 0 Å². The molecule has 0 saturated carbocycles. The molecule has 0 heterocycles. The molecular formula is C3H13BN. The molecule has 0 aliphatic rings. The first-order valence-corrected chi connectivity index (χ1v) is 0.258. The van der Waals surface area contributed by atoms with E-state index >= 15 is 0 Å². The summed E-state index contributed by atoms with van der Waals surface area (Å²) in [5.74, 6) is 0. The topological polar surface area (TPSA) is 23.9 Å². The summed E-state index contributed by atoms with van der Waals surface area (Å²) in [4.78, 5) is 0. The second-order valence-electron chi connectivity index (χ2n) is 0. The van der Waals surface area contributed by atoms with E-state index in [1.165, 1.54) is 0 Å². The number of rotatable bonds is 0. The Balaban J connectivity index is -0.00000000667. The standard InChI is InChI=1S/3CH4.BHN/c;;;1-2/h3*1H4;2H/i;;;2T. The van der Waals surface area contributed by atoms with E-state index in [1.54, 1.807) is 0 Å². The quantitative estimate of drug-likeness (QED) is 0.425. The van der Waals surface area contributed by atoms with E-state index in [4.69, 9.17) is 1.41 Å². The first-order valence-electron chi connectivity index (χ1n) is 0.705. The van der Waals surface area contributed by atoms with Crippen molar-refractivity contribution in [3.63, 3.8) is 0 Å². The van der Waals surface area contributed by atoms with Crippen molar-refractivity contribution < 1.29 is 1.41 Å². The molecule has 2 heteroatoms. The molecule has 0 amide bonds. The van der Waals surface area contributed by atoms with Crippen molar-refractivity contribution in [3.8, 4) is 0 Å². The van der Waals surface area contributed by atoms with Gasteiger partial charge in [0.1, 0.15) is 0 Å². The number of nitrogens with one attached hydrogen (secondary N) is 1. The molecule has 1 N–H and O–H groups in total. The second kappa shape index (κ2) is 1740. The minimum absolute atomic E-state index is 0. The molecule has 0 spiro atoms. The van der Waals surface area contributed by atoms with E-state index in [1.807, 2.05) is 0 Å². The summed E-state index contributed by atoms with van der Waals surface area (Å²) in [7, 11) is 4.14. The van der Waals surface area contributed by atoms with Gasteiger partial charge in [0.05, 0.1) is 0 Å². The Hall–Kier alpha value is -0.135. The molecule has 0 atom stereocenters. The van der Waals surface area contributed by atoms with Gasteiger partial charge in [-0.05, 0) is 0 Å². The fourth-order valence-corrected chi connectivity index (χ4v) is 0. The van der Waals surface area contributed by atoms with Crippen molar-refractivity contribution in [2.75, 3.05) is 0 Å². The van der Waals surface area contributed by atoms with Crippen LogP contribution in [-0.4, -0.2) is 7.64 Å². The SMILES string of the molecule is C.C.C.[3H]N=[B]. The minimum atomic E-state index is 0. The molecule has 0 bridgehead atoms. The maximum atomic E-state index is 5.61. The zero-order valence-electron chi connectivity index (χ0n) is 2.02. The van der Waals surface area contributed by atoms with Gasteiger partial charge < -0.3 is 0 Å². The summed E-state index contributed by atoms with van der Waals surface area (Å²) in [6.07, 6.45) is 0. The molecule has 0 fully saturated rings. The molecule has 0 rings (SSSR count). The van der Waals surface area contributed by atoms with Crippen molar-refractivity contribution in [3.05, 3.63) is 0 Å². The normalized spacial score (nSPS) is 2.60. The van der Waals surface area contributed by atoms with Crippen molar-refractivity contribution in [2.45, 2.75) is 22.3 Å². The van der Waals surface area contributed by atoms with E-state index in [0.717, 1.165) is 0 Å². The Labute approximate surface area is 37.8 Å². The number of hydrogen-bond donors (Lipinski definition) is 1. The van der Waals surface area contributed by atoms with Crippen molar-refractivity contribution in [2.24, 2.45) is 0 Å². The van der Waals surface area contributed by atoms with Gasteiger partial charge in [-0.2, -0.15) is 0 Å². The van der Waals surface area contributed by atoms with Gasteiger partial charge >= 0.3 is 14.4 Å². The Morgan fingerprint density at radius 2 is 1.40 bits per heavy atom. The van der Waals surface area contributed by atoms with Gasteiger partial charge in [-0.1, -0.05) is 22.3 Å². The Kier molecular flexibility index (Phi) is 7270. The van der Waals surface area contributed by atoms with Crippen LogP contribution >= 0.6 is 0 Å². The fourth-order valence-electron chi connectivity index (χ4n) is 0. The first kappa shape index (κ1) is 20.9. The van der Waals surface area contributed by atoms with Crippen LogP contribution in [0.4, 0.5) is 0 Å². The molecule has 0 aromatic carbocycles. The van der Waals surface area contributed by atoms with E-state index in [-0.39, 0.29) is 22.3 Å². The summed E-state index contributed by atoms with van der Waals surface area (Å²) in [5.41, 5.74) is 0. The summed E-state index contributed by atoms with van der Waals surface area (Å²) in [6, 6.07) is 0. The van der Waals surface area contributed by atoms with E-state index in [0.29, 0.717) is 0 Å². The summed E-state index contributed by atoms with van der Waals surface area (Å²) < 4.78 is 5.61. The van der Waals surface area contributed by atoms with Gasteiger partial charge in [-0.25, -0.2) is 0 Å². The maximum absolute atomic E-state index is 5.61. The van der Waals surface area contributed by atoms with E-state index in [9.17, 15) is 0 Å². The van der Waals surface area contributed by atoms with Gasteiger partial charge in [0.25, 0.3) is 0 Å². The summed E-state index contributed by atoms with van der Waals surface area (Å²) in [6.45, 7) is 0. The molecular weight excluding hydrogens is 60.9 g/mol. The average molecular weight is 76.0 g/mol. The Morgan fingerprint density at radius 3 is 1.40 bits per heavy atom. The molecule has 33 valence electrons. The molecule has 0 unspecified atom stereocenters. The van der Waals surface area contributed by atoms with Gasteiger partial charge in [0.15, 0.2) is 0 Å². The number of hydrogen-bond acceptors (Lipinski definition) is 1. The molecule has 1 radical (unpaired) electrons. The van der Waals surface area contributed by atoms with Gasteiger partial charge in [-0.3, -0.25) is 0 Å². The zero-order valence-corrected chi connectivity index (χ0v) is 1.02. The Bertz CT molecular complexity index is 18.3. The molecule has 0 aliphatic carbocycles. The summed E-state index contributed by atoms with van der Waals surface area (Å²) in [5, 5.41) is 2.25. The summed E-state index contributed by atoms with van der Waals surface area (Å²) >= 11 is 0. The molecule has 5 heavy (non-hydrogen) atoms. The fraction of sp³-hybridized carbons (Fsp3) is 1.00. The van der Waals surface area contributed by atoms with Gasteiger partial charge in [0, 0.05) is 0 Å². The predicted molar refractivity (Wildman–Crippen MR) is 28.7 cm³/mol. The van der Waals surface area contributed by atoms with Crippen LogP contribution in [-0.2, 0) is 0 Å². The van der Waals surface area contributed by atoms with E-state index in [2.05, 4.69) is 12.9 Å². The van der Waals surface area contributed by atoms with Crippen LogP contribution in [0, 0.1) is 5.31 Å². The molecule has 0 aromatic rings. The van der Waals surface area contributed by atoms with Crippen LogP contribution in [0.3, 0.4) is 0 Å².